The van der Waals surface area contributed by atoms with Crippen LogP contribution in [-0.2, 0) is 32.1 Å². The largest absolute Gasteiger partial charge is 0.352 e. The van der Waals surface area contributed by atoms with Gasteiger partial charge in [-0.3, -0.25) is 24.5 Å². The zero-order valence-electron chi connectivity index (χ0n) is 26.9. The number of piperidine rings is 1. The van der Waals surface area contributed by atoms with Crippen molar-refractivity contribution in [3.8, 4) is 0 Å². The third-order valence-electron chi connectivity index (χ3n) is 8.12. The van der Waals surface area contributed by atoms with Gasteiger partial charge in [0.15, 0.2) is 5.78 Å². The van der Waals surface area contributed by atoms with E-state index in [1.807, 2.05) is 51.1 Å². The van der Waals surface area contributed by atoms with Crippen LogP contribution in [0.25, 0.3) is 0 Å². The van der Waals surface area contributed by atoms with Crippen LogP contribution in [0.2, 0.25) is 10.0 Å². The number of carbonyl (C=O) groups excluding carboxylic acids is 4. The highest BCUT2D eigenvalue weighted by atomic mass is 35.5. The molecule has 3 amide bonds. The minimum atomic E-state index is -0.868. The van der Waals surface area contributed by atoms with E-state index in [-0.39, 0.29) is 30.6 Å². The fourth-order valence-corrected chi connectivity index (χ4v) is 5.95. The van der Waals surface area contributed by atoms with Gasteiger partial charge in [-0.25, -0.2) is 0 Å². The van der Waals surface area contributed by atoms with Crippen molar-refractivity contribution < 1.29 is 19.2 Å². The van der Waals surface area contributed by atoms with Crippen LogP contribution in [0.3, 0.4) is 0 Å². The minimum absolute atomic E-state index is 0.0902. The molecular weight excluding hydrogens is 627 g/mol. The van der Waals surface area contributed by atoms with Crippen LogP contribution in [0.5, 0.6) is 0 Å². The fraction of sp³-hybridized carbons (Fsp3) is 0.529. The van der Waals surface area contributed by atoms with Gasteiger partial charge in [-0.05, 0) is 61.3 Å². The Morgan fingerprint density at radius 2 is 1.63 bits per heavy atom. The highest BCUT2D eigenvalue weighted by Gasteiger charge is 2.38. The standard InChI is InChI=1S/C34H48Cl2N6O4/c1-4-5-11-27(41-34(46)29(14-20(2)3)42-33(45)26(37)16-21-9-7-6-8-10-21)31(43)28-17-23(18-30(38)40-28)32(44)39-19-22-12-13-24(35)25(36)15-22/h6-10,12-13,15,20,23,26-30,40H,4-5,11,14,16-19,37-38H2,1-3H3,(H,39,44)(H,41,46)(H,42,45)/t23?,26-,27-,28-,29-,30?/m1/s1. The number of hydrogen-bond acceptors (Lipinski definition) is 7. The summed E-state index contributed by atoms with van der Waals surface area (Å²) in [6.07, 6.45) is 2.65. The van der Waals surface area contributed by atoms with Gasteiger partial charge in [0.1, 0.15) is 6.04 Å². The number of Topliss-reactive ketones (excluding diaryl/α,β-unsaturated/α-hetero) is 1. The van der Waals surface area contributed by atoms with E-state index in [4.69, 9.17) is 34.7 Å². The number of halogens is 2. The van der Waals surface area contributed by atoms with Gasteiger partial charge >= 0.3 is 0 Å². The monoisotopic (exact) mass is 674 g/mol. The smallest absolute Gasteiger partial charge is 0.243 e. The van der Waals surface area contributed by atoms with Crippen molar-refractivity contribution in [3.05, 3.63) is 69.7 Å². The molecule has 46 heavy (non-hydrogen) atoms. The Morgan fingerprint density at radius 1 is 0.935 bits per heavy atom. The van der Waals surface area contributed by atoms with Crippen molar-refractivity contribution in [2.75, 3.05) is 0 Å². The summed E-state index contributed by atoms with van der Waals surface area (Å²) < 4.78 is 0. The van der Waals surface area contributed by atoms with Gasteiger partial charge in [0, 0.05) is 12.5 Å². The van der Waals surface area contributed by atoms with Crippen LogP contribution in [-0.4, -0.2) is 53.8 Å². The number of ketones is 1. The SMILES string of the molecule is CCCC[C@@H](NC(=O)[C@@H](CC(C)C)NC(=O)[C@H](N)Cc1ccccc1)C(=O)[C@H]1CC(C(=O)NCc2ccc(Cl)c(Cl)c2)CC(N)N1. The van der Waals surface area contributed by atoms with Crippen molar-refractivity contribution in [3.63, 3.8) is 0 Å². The molecule has 3 rings (SSSR count). The Bertz CT molecular complexity index is 1330. The second-order valence-corrected chi connectivity index (χ2v) is 13.4. The van der Waals surface area contributed by atoms with Crippen molar-refractivity contribution in [1.29, 1.82) is 0 Å². The predicted molar refractivity (Wildman–Crippen MR) is 182 cm³/mol. The third-order valence-corrected chi connectivity index (χ3v) is 8.86. The Labute approximate surface area is 282 Å². The molecule has 0 aromatic heterocycles. The molecule has 1 heterocycles. The van der Waals surface area contributed by atoms with Crippen molar-refractivity contribution in [2.24, 2.45) is 23.3 Å². The average Bonchev–Trinajstić information content (AvgIpc) is 3.02. The molecule has 2 aromatic carbocycles. The van der Waals surface area contributed by atoms with Crippen LogP contribution < -0.4 is 32.7 Å². The van der Waals surface area contributed by atoms with Crippen LogP contribution in [0.1, 0.15) is 70.4 Å². The second kappa shape index (κ2) is 18.4. The number of amides is 3. The molecule has 1 aliphatic rings. The first-order valence-corrected chi connectivity index (χ1v) is 16.8. The summed E-state index contributed by atoms with van der Waals surface area (Å²) in [7, 11) is 0. The molecule has 12 heteroatoms. The summed E-state index contributed by atoms with van der Waals surface area (Å²) in [6, 6.07) is 11.3. The maximum atomic E-state index is 13.9. The molecule has 1 fully saturated rings. The van der Waals surface area contributed by atoms with Gasteiger partial charge in [0.25, 0.3) is 0 Å². The minimum Gasteiger partial charge on any atom is -0.352 e. The first-order chi connectivity index (χ1) is 21.9. The van der Waals surface area contributed by atoms with E-state index in [0.717, 1.165) is 17.5 Å². The summed E-state index contributed by atoms with van der Waals surface area (Å²) >= 11 is 12.1. The molecule has 10 nitrogen and oxygen atoms in total. The summed E-state index contributed by atoms with van der Waals surface area (Å²) in [5.41, 5.74) is 14.2. The molecule has 2 unspecified atom stereocenters. The second-order valence-electron chi connectivity index (χ2n) is 12.6. The maximum absolute atomic E-state index is 13.9. The van der Waals surface area contributed by atoms with E-state index < -0.39 is 48.1 Å². The van der Waals surface area contributed by atoms with E-state index in [0.29, 0.717) is 42.1 Å². The van der Waals surface area contributed by atoms with Gasteiger partial charge in [-0.2, -0.15) is 0 Å². The Balaban J connectivity index is 1.66. The van der Waals surface area contributed by atoms with Gasteiger partial charge in [0.05, 0.1) is 34.3 Å². The molecule has 0 spiro atoms. The number of hydrogen-bond donors (Lipinski definition) is 6. The normalized spacial score (nSPS) is 20.0. The quantitative estimate of drug-likeness (QED) is 0.158. The van der Waals surface area contributed by atoms with Crippen molar-refractivity contribution in [1.82, 2.24) is 21.3 Å². The topological polar surface area (TPSA) is 168 Å². The van der Waals surface area contributed by atoms with Crippen LogP contribution in [0, 0.1) is 11.8 Å². The molecule has 0 radical (unpaired) electrons. The maximum Gasteiger partial charge on any atom is 0.243 e. The molecular formula is C34H48Cl2N6O4. The lowest BCUT2D eigenvalue weighted by Crippen LogP contribution is -2.60. The number of nitrogens with one attached hydrogen (secondary N) is 4. The predicted octanol–water partition coefficient (Wildman–Crippen LogP) is 3.61. The molecule has 1 aliphatic heterocycles. The molecule has 0 aliphatic carbocycles. The molecule has 2 aromatic rings. The van der Waals surface area contributed by atoms with Crippen LogP contribution in [0.4, 0.5) is 0 Å². The van der Waals surface area contributed by atoms with Gasteiger partial charge in [-0.15, -0.1) is 0 Å². The van der Waals surface area contributed by atoms with E-state index in [1.54, 1.807) is 18.2 Å². The van der Waals surface area contributed by atoms with Crippen molar-refractivity contribution in [2.45, 2.75) is 103 Å². The summed E-state index contributed by atoms with van der Waals surface area (Å²) in [4.78, 5) is 53.7. The van der Waals surface area contributed by atoms with E-state index in [2.05, 4.69) is 21.3 Å². The number of unbranched alkanes of at least 4 members (excludes halogenated alkanes) is 1. The summed E-state index contributed by atoms with van der Waals surface area (Å²) in [6.45, 7) is 6.16. The number of rotatable bonds is 16. The number of nitrogens with two attached hydrogens (primary N) is 2. The molecule has 252 valence electrons. The molecule has 0 bridgehead atoms. The van der Waals surface area contributed by atoms with Crippen LogP contribution in [0.15, 0.2) is 48.5 Å². The number of carbonyl (C=O) groups is 4. The first kappa shape index (κ1) is 37.4. The third kappa shape index (κ3) is 11.7. The lowest BCUT2D eigenvalue weighted by atomic mass is 9.85. The highest BCUT2D eigenvalue weighted by Crippen LogP contribution is 2.24. The van der Waals surface area contributed by atoms with E-state index in [1.165, 1.54) is 0 Å². The van der Waals surface area contributed by atoms with Gasteiger partial charge < -0.3 is 27.4 Å². The van der Waals surface area contributed by atoms with E-state index >= 15 is 0 Å². The zero-order chi connectivity index (χ0) is 33.8. The van der Waals surface area contributed by atoms with Crippen LogP contribution >= 0.6 is 23.2 Å². The average molecular weight is 676 g/mol. The number of benzene rings is 2. The Morgan fingerprint density at radius 3 is 2.28 bits per heavy atom. The van der Waals surface area contributed by atoms with E-state index in [9.17, 15) is 19.2 Å². The Kier molecular flexibility index (Phi) is 14.9. The summed E-state index contributed by atoms with van der Waals surface area (Å²) in [5.74, 6) is -1.76. The van der Waals surface area contributed by atoms with Crippen molar-refractivity contribution >= 4 is 46.7 Å². The first-order valence-electron chi connectivity index (χ1n) is 16.0. The van der Waals surface area contributed by atoms with Gasteiger partial charge in [0.2, 0.25) is 17.7 Å². The van der Waals surface area contributed by atoms with Gasteiger partial charge in [-0.1, -0.05) is 93.2 Å². The molecule has 6 atom stereocenters. The molecule has 1 saturated heterocycles. The molecule has 0 saturated carbocycles. The lowest BCUT2D eigenvalue weighted by Gasteiger charge is -2.35. The molecule has 8 N–H and O–H groups in total. The summed E-state index contributed by atoms with van der Waals surface area (Å²) in [5, 5.41) is 12.6. The Hall–Kier alpha value is -3.02. The fourth-order valence-electron chi connectivity index (χ4n) is 5.63. The highest BCUT2D eigenvalue weighted by molar-refractivity contribution is 6.42. The lowest BCUT2D eigenvalue weighted by molar-refractivity contribution is -0.134. The zero-order valence-corrected chi connectivity index (χ0v) is 28.4.